The van der Waals surface area contributed by atoms with Gasteiger partial charge >= 0.3 is 6.03 Å². The van der Waals surface area contributed by atoms with E-state index in [1.807, 2.05) is 0 Å². The van der Waals surface area contributed by atoms with E-state index in [4.69, 9.17) is 4.84 Å². The maximum absolute atomic E-state index is 12.6. The molecular formula is C19H32N5O6S-. The van der Waals surface area contributed by atoms with Crippen molar-refractivity contribution >= 4 is 23.3 Å². The van der Waals surface area contributed by atoms with E-state index in [2.05, 4.69) is 20.0 Å². The van der Waals surface area contributed by atoms with Crippen LogP contribution in [0.1, 0.15) is 44.9 Å². The number of hydrogen-bond acceptors (Lipinski definition) is 8. The number of carbonyl (C=O) groups excluding carboxylic acids is 2. The van der Waals surface area contributed by atoms with Gasteiger partial charge in [-0.3, -0.25) is 9.63 Å². The molecule has 0 radical (unpaired) electrons. The molecule has 4 heterocycles. The number of carbonyl (C=O) groups is 2. The first-order valence-corrected chi connectivity index (χ1v) is 12.3. The van der Waals surface area contributed by atoms with Gasteiger partial charge in [-0.2, -0.15) is 9.35 Å². The van der Waals surface area contributed by atoms with E-state index in [1.54, 1.807) is 0 Å². The van der Waals surface area contributed by atoms with Crippen molar-refractivity contribution in [1.29, 1.82) is 0 Å². The van der Waals surface area contributed by atoms with E-state index >= 15 is 0 Å². The Morgan fingerprint density at radius 2 is 2.00 bits per heavy atom. The van der Waals surface area contributed by atoms with Crippen LogP contribution in [0.25, 0.3) is 0 Å². The number of urea groups is 1. The molecule has 0 aromatic heterocycles. The summed E-state index contributed by atoms with van der Waals surface area (Å²) in [6.07, 6.45) is 7.18. The normalized spacial score (nSPS) is 32.9. The molecule has 3 unspecified atom stereocenters. The van der Waals surface area contributed by atoms with E-state index in [9.17, 15) is 18.4 Å². The minimum absolute atomic E-state index is 0.192. The molecule has 4 aliphatic rings. The summed E-state index contributed by atoms with van der Waals surface area (Å²) in [7, 11) is 0. The number of likely N-dealkylation sites (tertiary alicyclic amines) is 1. The second-order valence-corrected chi connectivity index (χ2v) is 9.54. The second-order valence-electron chi connectivity index (χ2n) is 8.99. The second kappa shape index (κ2) is 10.5. The van der Waals surface area contributed by atoms with Gasteiger partial charge in [0, 0.05) is 19.1 Å². The fraction of sp³-hybridized carbons (Fsp3) is 0.895. The molecule has 4 rings (SSSR count). The first-order valence-electron chi connectivity index (χ1n) is 11.3. The average Bonchev–Trinajstić information content (AvgIpc) is 3.15. The summed E-state index contributed by atoms with van der Waals surface area (Å²) in [5, 5.41) is 4.31. The summed E-state index contributed by atoms with van der Waals surface area (Å²) in [6.45, 7) is 5.09. The lowest BCUT2D eigenvalue weighted by molar-refractivity contribution is -0.139. The largest absolute Gasteiger partial charge is 0.748 e. The van der Waals surface area contributed by atoms with Gasteiger partial charge in [-0.05, 0) is 57.7 Å². The quantitative estimate of drug-likeness (QED) is 0.381. The molecule has 12 heteroatoms. The van der Waals surface area contributed by atoms with Gasteiger partial charge in [0.25, 0.3) is 5.91 Å². The highest BCUT2D eigenvalue weighted by molar-refractivity contribution is 7.74. The number of hydroxylamine groups is 3. The third-order valence-electron chi connectivity index (χ3n) is 6.75. The van der Waals surface area contributed by atoms with E-state index < -0.39 is 29.3 Å². The Morgan fingerprint density at radius 1 is 1.23 bits per heavy atom. The zero-order valence-corrected chi connectivity index (χ0v) is 18.5. The van der Waals surface area contributed by atoms with Gasteiger partial charge in [-0.1, -0.05) is 12.8 Å². The molecule has 3 amide bonds. The Kier molecular flexibility index (Phi) is 7.77. The van der Waals surface area contributed by atoms with Crippen molar-refractivity contribution < 1.29 is 27.5 Å². The van der Waals surface area contributed by atoms with Crippen molar-refractivity contribution in [3.05, 3.63) is 0 Å². The SMILES string of the molecule is O=C(NOC[C@@H]1C[C@@H](CN2CCCCCC2)CN1)C1CCC2CN1C(=O)N2OS(=O)[O-]. The summed E-state index contributed by atoms with van der Waals surface area (Å²) >= 11 is -2.83. The van der Waals surface area contributed by atoms with Crippen molar-refractivity contribution in [3.8, 4) is 0 Å². The molecule has 5 atom stereocenters. The molecule has 0 aliphatic carbocycles. The van der Waals surface area contributed by atoms with Crippen LogP contribution in [0.4, 0.5) is 4.79 Å². The number of nitrogens with one attached hydrogen (secondary N) is 2. The monoisotopic (exact) mass is 458 g/mol. The van der Waals surface area contributed by atoms with Gasteiger partial charge in [0.2, 0.25) is 0 Å². The van der Waals surface area contributed by atoms with E-state index in [0.717, 1.165) is 24.6 Å². The maximum Gasteiger partial charge on any atom is 0.346 e. The summed E-state index contributed by atoms with van der Waals surface area (Å²) in [6, 6.07) is -1.47. The number of rotatable bonds is 8. The number of hydrogen-bond donors (Lipinski definition) is 2. The average molecular weight is 459 g/mol. The minimum Gasteiger partial charge on any atom is -0.748 e. The van der Waals surface area contributed by atoms with Crippen LogP contribution in [0.5, 0.6) is 0 Å². The van der Waals surface area contributed by atoms with Gasteiger partial charge in [0.1, 0.15) is 17.4 Å². The van der Waals surface area contributed by atoms with Crippen LogP contribution in [0, 0.1) is 5.92 Å². The first kappa shape index (κ1) is 22.9. The fourth-order valence-corrected chi connectivity index (χ4v) is 5.52. The van der Waals surface area contributed by atoms with Gasteiger partial charge in [-0.25, -0.2) is 14.5 Å². The third kappa shape index (κ3) is 5.74. The van der Waals surface area contributed by atoms with Crippen molar-refractivity contribution in [2.75, 3.05) is 39.3 Å². The predicted octanol–water partition coefficient (Wildman–Crippen LogP) is -0.117. The molecule has 11 nitrogen and oxygen atoms in total. The van der Waals surface area contributed by atoms with E-state index in [0.29, 0.717) is 25.4 Å². The molecule has 0 aromatic carbocycles. The Bertz CT molecular complexity index is 676. The molecule has 2 bridgehead atoms. The van der Waals surface area contributed by atoms with Crippen LogP contribution >= 0.6 is 0 Å². The number of amides is 3. The van der Waals surface area contributed by atoms with Crippen molar-refractivity contribution in [3.63, 3.8) is 0 Å². The first-order chi connectivity index (χ1) is 15.0. The van der Waals surface area contributed by atoms with Crippen LogP contribution < -0.4 is 10.8 Å². The van der Waals surface area contributed by atoms with E-state index in [-0.39, 0.29) is 18.6 Å². The summed E-state index contributed by atoms with van der Waals surface area (Å²) in [5.41, 5.74) is 2.48. The molecule has 4 aliphatic heterocycles. The molecule has 4 fully saturated rings. The highest BCUT2D eigenvalue weighted by Crippen LogP contribution is 2.30. The van der Waals surface area contributed by atoms with Crippen LogP contribution in [-0.2, 0) is 25.3 Å². The Morgan fingerprint density at radius 3 is 2.74 bits per heavy atom. The molecule has 0 spiro atoms. The van der Waals surface area contributed by atoms with Gasteiger partial charge in [0.05, 0.1) is 12.6 Å². The van der Waals surface area contributed by atoms with Gasteiger partial charge < -0.3 is 19.7 Å². The lowest BCUT2D eigenvalue weighted by Gasteiger charge is -2.29. The molecule has 0 saturated carbocycles. The Hall–Kier alpha value is -1.31. The molecular weight excluding hydrogens is 426 g/mol. The number of fused-ring (bicyclic) bond motifs is 2. The Balaban J connectivity index is 1.17. The maximum atomic E-state index is 12.6. The lowest BCUT2D eigenvalue weighted by Crippen LogP contribution is -2.50. The zero-order valence-electron chi connectivity index (χ0n) is 17.7. The summed E-state index contributed by atoms with van der Waals surface area (Å²) in [5.74, 6) is 0.202. The zero-order chi connectivity index (χ0) is 21.8. The molecule has 0 aromatic rings. The van der Waals surface area contributed by atoms with Crippen LogP contribution in [0.2, 0.25) is 0 Å². The Labute approximate surface area is 185 Å². The molecule has 4 saturated heterocycles. The minimum atomic E-state index is -2.83. The van der Waals surface area contributed by atoms with E-state index in [1.165, 1.54) is 43.7 Å². The van der Waals surface area contributed by atoms with Crippen molar-refractivity contribution in [2.45, 2.75) is 63.1 Å². The predicted molar refractivity (Wildman–Crippen MR) is 110 cm³/mol. The topological polar surface area (TPSA) is 127 Å². The molecule has 31 heavy (non-hydrogen) atoms. The van der Waals surface area contributed by atoms with Gasteiger partial charge in [0.15, 0.2) is 0 Å². The number of nitrogens with zero attached hydrogens (tertiary/aromatic N) is 3. The smallest absolute Gasteiger partial charge is 0.346 e. The van der Waals surface area contributed by atoms with Crippen LogP contribution in [0.3, 0.4) is 0 Å². The summed E-state index contributed by atoms with van der Waals surface area (Å²) in [4.78, 5) is 34.3. The van der Waals surface area contributed by atoms with Crippen LogP contribution in [0.15, 0.2) is 0 Å². The summed E-state index contributed by atoms with van der Waals surface area (Å²) < 4.78 is 26.1. The van der Waals surface area contributed by atoms with Crippen LogP contribution in [-0.4, -0.2) is 93.0 Å². The highest BCUT2D eigenvalue weighted by atomic mass is 32.2. The molecule has 176 valence electrons. The lowest BCUT2D eigenvalue weighted by atomic mass is 10.0. The number of piperidine rings is 1. The van der Waals surface area contributed by atoms with Gasteiger partial charge in [-0.15, -0.1) is 0 Å². The third-order valence-corrected chi connectivity index (χ3v) is 7.03. The molecule has 2 N–H and O–H groups in total. The standard InChI is InChI=1S/C19H33N5O6S/c25-18(17-6-5-16-12-23(17)19(26)24(16)30-31(27)28)21-29-13-15-9-14(10-20-15)11-22-7-3-1-2-4-8-22/h14-17,20H,1-13H2,(H,21,25)(H,27,28)/p-1/t14-,15+,16?,17?/m1/s1. The highest BCUT2D eigenvalue weighted by Gasteiger charge is 2.48. The fourth-order valence-electron chi connectivity index (χ4n) is 5.20. The van der Waals surface area contributed by atoms with Crippen molar-refractivity contribution in [2.24, 2.45) is 5.92 Å². The van der Waals surface area contributed by atoms with Crippen molar-refractivity contribution in [1.82, 2.24) is 25.7 Å².